The van der Waals surface area contributed by atoms with E-state index in [1.807, 2.05) is 6.07 Å². The Morgan fingerprint density at radius 3 is 2.44 bits per heavy atom. The van der Waals surface area contributed by atoms with Gasteiger partial charge < -0.3 is 20.3 Å². The van der Waals surface area contributed by atoms with Crippen LogP contribution >= 0.6 is 11.6 Å². The molecule has 2 aromatic carbocycles. The molecule has 0 unspecified atom stereocenters. The molecule has 13 nitrogen and oxygen atoms in total. The van der Waals surface area contributed by atoms with Gasteiger partial charge in [-0.3, -0.25) is 29.0 Å². The molecule has 9 rings (SSSR count). The van der Waals surface area contributed by atoms with E-state index >= 15 is 4.39 Å². The molecule has 2 N–H and O–H groups in total. The maximum Gasteiger partial charge on any atom is 0.269 e. The van der Waals surface area contributed by atoms with Crippen LogP contribution in [0.3, 0.4) is 0 Å². The molecule has 6 aliphatic rings. The summed E-state index contributed by atoms with van der Waals surface area (Å²) in [6, 6.07) is 12.8. The van der Waals surface area contributed by atoms with Crippen LogP contribution < -0.4 is 15.4 Å². The number of fused-ring (bicyclic) bond motifs is 3. The minimum atomic E-state index is -0.851. The van der Waals surface area contributed by atoms with Crippen molar-refractivity contribution >= 4 is 41.0 Å². The molecular formula is C37H36ClFN8O5. The molecule has 4 saturated heterocycles. The van der Waals surface area contributed by atoms with Gasteiger partial charge in [-0.05, 0) is 68.9 Å². The number of benzene rings is 2. The van der Waals surface area contributed by atoms with Crippen LogP contribution in [0.2, 0.25) is 5.02 Å². The quantitative estimate of drug-likeness (QED) is 0.339. The van der Waals surface area contributed by atoms with Gasteiger partial charge in [0.15, 0.2) is 11.5 Å². The summed E-state index contributed by atoms with van der Waals surface area (Å²) in [5.41, 5.74) is 6.79. The SMILES string of the molecule is N#Cc1ccc(OC2CCC(N3C(=O)CC[C@@H](N4Cc5c(ccc(CN6C[C@H]7C[C@H](C6)N7c6ccc(C(N)=O)nn6)c5F)C4=O)C3=O)CC2)cc1Cl. The number of nitrogens with two attached hydrogens (primary N) is 1. The van der Waals surface area contributed by atoms with Crippen molar-refractivity contribution in [2.75, 3.05) is 18.0 Å². The van der Waals surface area contributed by atoms with Crippen LogP contribution in [0.25, 0.3) is 0 Å². The van der Waals surface area contributed by atoms with Crippen molar-refractivity contribution in [3.63, 3.8) is 0 Å². The summed E-state index contributed by atoms with van der Waals surface area (Å²) in [4.78, 5) is 59.2. The zero-order valence-corrected chi connectivity index (χ0v) is 29.0. The summed E-state index contributed by atoms with van der Waals surface area (Å²) in [5, 5.41) is 17.5. The van der Waals surface area contributed by atoms with Crippen LogP contribution in [0, 0.1) is 17.1 Å². The van der Waals surface area contributed by atoms with Crippen molar-refractivity contribution < 1.29 is 28.3 Å². The zero-order valence-electron chi connectivity index (χ0n) is 28.2. The molecule has 1 aromatic heterocycles. The highest BCUT2D eigenvalue weighted by Crippen LogP contribution is 2.38. The minimum absolute atomic E-state index is 0.0288. The fourth-order valence-corrected chi connectivity index (χ4v) is 8.78. The van der Waals surface area contributed by atoms with Crippen LogP contribution in [0.5, 0.6) is 5.75 Å². The fourth-order valence-electron chi connectivity index (χ4n) is 8.56. The van der Waals surface area contributed by atoms with Crippen LogP contribution in [-0.4, -0.2) is 91.9 Å². The number of likely N-dealkylation sites (tertiary alicyclic amines) is 1. The number of primary amides is 1. The minimum Gasteiger partial charge on any atom is -0.490 e. The molecule has 6 heterocycles. The number of rotatable bonds is 8. The number of halogens is 2. The highest BCUT2D eigenvalue weighted by Gasteiger charge is 2.47. The van der Waals surface area contributed by atoms with Gasteiger partial charge in [-0.15, -0.1) is 10.2 Å². The lowest BCUT2D eigenvalue weighted by Crippen LogP contribution is -2.69. The number of hydrogen-bond acceptors (Lipinski definition) is 10. The van der Waals surface area contributed by atoms with E-state index in [1.165, 1.54) is 9.80 Å². The second-order valence-corrected chi connectivity index (χ2v) is 14.6. The van der Waals surface area contributed by atoms with Gasteiger partial charge in [0, 0.05) is 66.9 Å². The summed E-state index contributed by atoms with van der Waals surface area (Å²) < 4.78 is 22.2. The molecule has 0 radical (unpaired) electrons. The number of piperazine rings is 1. The molecule has 52 heavy (non-hydrogen) atoms. The standard InChI is InChI=1S/C37H36ClFN8O5/c38-29-14-26(5-1-20(29)15-40)52-25-6-3-22(4-7-25)47-33(48)12-10-31(37(47)51)45-19-28-27(36(45)50)8-2-21(34(28)39)16-44-17-23-13-24(18-44)46(23)32-11-9-30(35(41)49)42-43-32/h1-2,5,8-9,11,14,22-25,31H,3-4,6-7,10,12-13,16-19H2,(H2,41,49)/t22?,23-,24-,25?,31-/m1/s1. The maximum absolute atomic E-state index is 16.1. The number of nitriles is 1. The van der Waals surface area contributed by atoms with Gasteiger partial charge >= 0.3 is 0 Å². The molecule has 15 heteroatoms. The van der Waals surface area contributed by atoms with Crippen molar-refractivity contribution in [2.45, 2.75) is 88.3 Å². The van der Waals surface area contributed by atoms with E-state index in [1.54, 1.807) is 42.5 Å². The lowest BCUT2D eigenvalue weighted by atomic mass is 9.87. The first-order chi connectivity index (χ1) is 25.1. The van der Waals surface area contributed by atoms with E-state index in [0.29, 0.717) is 73.0 Å². The van der Waals surface area contributed by atoms with Gasteiger partial charge in [-0.2, -0.15) is 5.26 Å². The molecule has 5 aliphatic heterocycles. The van der Waals surface area contributed by atoms with Crippen molar-refractivity contribution in [1.29, 1.82) is 5.26 Å². The summed E-state index contributed by atoms with van der Waals surface area (Å²) in [6.07, 6.45) is 3.49. The Labute approximate surface area is 304 Å². The lowest BCUT2D eigenvalue weighted by Gasteiger charge is -2.56. The van der Waals surface area contributed by atoms with E-state index in [9.17, 15) is 19.2 Å². The fraction of sp³-hybridized carbons (Fsp3) is 0.432. The Kier molecular flexibility index (Phi) is 8.79. The van der Waals surface area contributed by atoms with E-state index < -0.39 is 29.6 Å². The highest BCUT2D eigenvalue weighted by atomic mass is 35.5. The summed E-state index contributed by atoms with van der Waals surface area (Å²) in [5.74, 6) is -0.896. The predicted molar refractivity (Wildman–Crippen MR) is 184 cm³/mol. The predicted octanol–water partition coefficient (Wildman–Crippen LogP) is 3.57. The van der Waals surface area contributed by atoms with Gasteiger partial charge in [0.05, 0.1) is 23.2 Å². The number of ether oxygens (including phenoxy) is 1. The summed E-state index contributed by atoms with van der Waals surface area (Å²) in [7, 11) is 0. The molecule has 1 saturated carbocycles. The van der Waals surface area contributed by atoms with Crippen molar-refractivity contribution in [3.8, 4) is 11.8 Å². The first-order valence-electron chi connectivity index (χ1n) is 17.6. The largest absolute Gasteiger partial charge is 0.490 e. The molecule has 5 fully saturated rings. The number of amides is 4. The van der Waals surface area contributed by atoms with E-state index in [0.717, 1.165) is 6.42 Å². The molecule has 2 bridgehead atoms. The van der Waals surface area contributed by atoms with Crippen molar-refractivity contribution in [1.82, 2.24) is 24.9 Å². The molecule has 268 valence electrons. The number of carbonyl (C=O) groups excluding carboxylic acids is 4. The number of aromatic nitrogens is 2. The van der Waals surface area contributed by atoms with Crippen LogP contribution in [0.1, 0.15) is 82.5 Å². The monoisotopic (exact) mass is 726 g/mol. The Balaban J connectivity index is 0.891. The number of nitrogens with zero attached hydrogens (tertiary/aromatic N) is 7. The number of hydrogen-bond donors (Lipinski definition) is 1. The smallest absolute Gasteiger partial charge is 0.269 e. The first kappa shape index (κ1) is 34.0. The molecule has 3 aromatic rings. The van der Waals surface area contributed by atoms with Crippen LogP contribution in [0.4, 0.5) is 10.2 Å². The zero-order chi connectivity index (χ0) is 36.3. The third-order valence-electron chi connectivity index (χ3n) is 11.1. The van der Waals surface area contributed by atoms with E-state index in [2.05, 4.69) is 20.0 Å². The number of imide groups is 1. The van der Waals surface area contributed by atoms with Gasteiger partial charge in [0.2, 0.25) is 5.91 Å². The van der Waals surface area contributed by atoms with Crippen molar-refractivity contribution in [2.24, 2.45) is 5.73 Å². The Morgan fingerprint density at radius 1 is 1.00 bits per heavy atom. The molecule has 1 aliphatic carbocycles. The third-order valence-corrected chi connectivity index (χ3v) is 11.5. The Morgan fingerprint density at radius 2 is 1.77 bits per heavy atom. The highest BCUT2D eigenvalue weighted by molar-refractivity contribution is 6.31. The molecule has 3 atom stereocenters. The van der Waals surface area contributed by atoms with Gasteiger partial charge in [-0.1, -0.05) is 17.7 Å². The molecular weight excluding hydrogens is 691 g/mol. The first-order valence-corrected chi connectivity index (χ1v) is 17.9. The molecule has 0 spiro atoms. The summed E-state index contributed by atoms with van der Waals surface area (Å²) in [6.45, 7) is 1.72. The normalized spacial score (nSPS) is 25.8. The lowest BCUT2D eigenvalue weighted by molar-refractivity contribution is -0.156. The summed E-state index contributed by atoms with van der Waals surface area (Å²) >= 11 is 6.16. The van der Waals surface area contributed by atoms with Gasteiger partial charge in [0.1, 0.15) is 23.7 Å². The Hall–Kier alpha value is -5.13. The average molecular weight is 727 g/mol. The average Bonchev–Trinajstić information content (AvgIpc) is 3.46. The second kappa shape index (κ2) is 13.4. The van der Waals surface area contributed by atoms with Crippen LogP contribution in [0.15, 0.2) is 42.5 Å². The number of anilines is 1. The number of carbonyl (C=O) groups is 4. The van der Waals surface area contributed by atoms with Gasteiger partial charge in [-0.25, -0.2) is 4.39 Å². The van der Waals surface area contributed by atoms with Gasteiger partial charge in [0.25, 0.3) is 17.7 Å². The van der Waals surface area contributed by atoms with Crippen LogP contribution in [-0.2, 0) is 22.7 Å². The van der Waals surface area contributed by atoms with E-state index in [4.69, 9.17) is 27.3 Å². The van der Waals surface area contributed by atoms with E-state index in [-0.39, 0.29) is 66.3 Å². The second-order valence-electron chi connectivity index (χ2n) is 14.2. The third kappa shape index (κ3) is 6.01. The molecule has 4 amide bonds. The number of piperidine rings is 2. The van der Waals surface area contributed by atoms with Crippen molar-refractivity contribution in [3.05, 3.63) is 81.3 Å². The maximum atomic E-state index is 16.1. The Bertz CT molecular complexity index is 2000. The topological polar surface area (TPSA) is 166 Å².